The van der Waals surface area contributed by atoms with Crippen LogP contribution in [-0.2, 0) is 12.4 Å². The number of rotatable bonds is 4. The van der Waals surface area contributed by atoms with Crippen molar-refractivity contribution >= 4 is 75.5 Å². The molecular weight excluding hydrogens is 615 g/mol. The number of halogens is 6. The standard InChI is InChI=1S/C34H16F6N2S2/c35-33(36,37)25-7-3-21(4-8-25)23(17-41)13-19-1-11-27-29(15-19)43-32-28-12-2-20(16-30(28)44-31(27)32)14-24(18-42)22-5-9-26(10-6-22)34(38,39)40/h1-16H/b23-13+,24-14+. The molecule has 2 heterocycles. The van der Waals surface area contributed by atoms with E-state index in [4.69, 9.17) is 0 Å². The predicted octanol–water partition coefficient (Wildman–Crippen LogP) is 11.4. The van der Waals surface area contributed by atoms with Crippen molar-refractivity contribution in [1.82, 2.24) is 0 Å². The molecule has 4 aromatic carbocycles. The lowest BCUT2D eigenvalue weighted by Gasteiger charge is -2.07. The van der Waals surface area contributed by atoms with Gasteiger partial charge < -0.3 is 0 Å². The Morgan fingerprint density at radius 3 is 1.23 bits per heavy atom. The molecule has 0 aliphatic carbocycles. The third-order valence-electron chi connectivity index (χ3n) is 7.04. The van der Waals surface area contributed by atoms with E-state index in [1.165, 1.54) is 24.3 Å². The topological polar surface area (TPSA) is 47.6 Å². The van der Waals surface area contributed by atoms with Gasteiger partial charge in [0.2, 0.25) is 0 Å². The van der Waals surface area contributed by atoms with Crippen LogP contribution >= 0.6 is 22.7 Å². The number of fused-ring (bicyclic) bond motifs is 5. The third-order valence-corrected chi connectivity index (χ3v) is 9.54. The monoisotopic (exact) mass is 630 g/mol. The number of thiophene rings is 2. The summed E-state index contributed by atoms with van der Waals surface area (Å²) in [5.41, 5.74) is 1.20. The van der Waals surface area contributed by atoms with Gasteiger partial charge in [-0.2, -0.15) is 36.9 Å². The van der Waals surface area contributed by atoms with Gasteiger partial charge in [0.15, 0.2) is 0 Å². The van der Waals surface area contributed by atoms with E-state index in [1.807, 2.05) is 36.4 Å². The third kappa shape index (κ3) is 5.58. The molecule has 0 aliphatic rings. The van der Waals surface area contributed by atoms with Crippen molar-refractivity contribution in [1.29, 1.82) is 10.5 Å². The number of nitriles is 2. The number of nitrogens with zero attached hydrogens (tertiary/aromatic N) is 2. The van der Waals surface area contributed by atoms with Gasteiger partial charge in [-0.25, -0.2) is 0 Å². The number of benzene rings is 4. The molecule has 0 amide bonds. The Morgan fingerprint density at radius 2 is 0.909 bits per heavy atom. The largest absolute Gasteiger partial charge is 0.416 e. The Balaban J connectivity index is 1.32. The second-order valence-corrected chi connectivity index (χ2v) is 12.0. The van der Waals surface area contributed by atoms with Crippen molar-refractivity contribution in [3.63, 3.8) is 0 Å². The highest BCUT2D eigenvalue weighted by atomic mass is 32.1. The summed E-state index contributed by atoms with van der Waals surface area (Å²) in [6.07, 6.45) is -5.61. The average molecular weight is 631 g/mol. The molecule has 0 saturated carbocycles. The highest BCUT2D eigenvalue weighted by Gasteiger charge is 2.31. The summed E-state index contributed by atoms with van der Waals surface area (Å²) >= 11 is 3.17. The van der Waals surface area contributed by atoms with E-state index < -0.39 is 23.5 Å². The van der Waals surface area contributed by atoms with E-state index in [2.05, 4.69) is 12.1 Å². The van der Waals surface area contributed by atoms with Gasteiger partial charge in [-0.1, -0.05) is 48.5 Å². The number of hydrogen-bond donors (Lipinski definition) is 0. The summed E-state index contributed by atoms with van der Waals surface area (Å²) < 4.78 is 81.7. The fraction of sp³-hybridized carbons (Fsp3) is 0.0588. The first kappa shape index (κ1) is 29.2. The molecule has 2 nitrogen and oxygen atoms in total. The fourth-order valence-electron chi connectivity index (χ4n) is 4.84. The zero-order valence-electron chi connectivity index (χ0n) is 22.2. The van der Waals surface area contributed by atoms with Gasteiger partial charge in [0, 0.05) is 20.2 Å². The molecule has 0 atom stereocenters. The minimum Gasteiger partial charge on any atom is -0.192 e. The second kappa shape index (κ2) is 11.0. The van der Waals surface area contributed by atoms with Crippen LogP contribution in [0.25, 0.3) is 52.9 Å². The van der Waals surface area contributed by atoms with Crippen LogP contribution in [0.5, 0.6) is 0 Å². The van der Waals surface area contributed by atoms with Crippen molar-refractivity contribution < 1.29 is 26.3 Å². The first-order valence-corrected chi connectivity index (χ1v) is 14.6. The summed E-state index contributed by atoms with van der Waals surface area (Å²) in [4.78, 5) is 0. The maximum absolute atomic E-state index is 12.9. The molecule has 0 saturated heterocycles. The summed E-state index contributed by atoms with van der Waals surface area (Å²) in [6, 6.07) is 24.7. The van der Waals surface area contributed by atoms with Gasteiger partial charge in [0.25, 0.3) is 0 Å². The van der Waals surface area contributed by atoms with Crippen LogP contribution in [0.3, 0.4) is 0 Å². The van der Waals surface area contributed by atoms with E-state index in [-0.39, 0.29) is 11.1 Å². The Hall–Kier alpha value is -4.90. The van der Waals surface area contributed by atoms with Gasteiger partial charge in [-0.3, -0.25) is 0 Å². The van der Waals surface area contributed by atoms with E-state index in [9.17, 15) is 36.9 Å². The quantitative estimate of drug-likeness (QED) is 0.111. The molecule has 6 aromatic rings. The molecule has 10 heteroatoms. The van der Waals surface area contributed by atoms with E-state index in [0.717, 1.165) is 65.0 Å². The van der Waals surface area contributed by atoms with Crippen molar-refractivity contribution in [3.05, 3.63) is 118 Å². The zero-order valence-corrected chi connectivity index (χ0v) is 23.8. The molecule has 0 N–H and O–H groups in total. The van der Waals surface area contributed by atoms with E-state index >= 15 is 0 Å². The number of hydrogen-bond acceptors (Lipinski definition) is 4. The highest BCUT2D eigenvalue weighted by molar-refractivity contribution is 7.36. The van der Waals surface area contributed by atoms with Crippen LogP contribution in [0.15, 0.2) is 84.9 Å². The predicted molar refractivity (Wildman–Crippen MR) is 165 cm³/mol. The lowest BCUT2D eigenvalue weighted by Crippen LogP contribution is -2.04. The van der Waals surface area contributed by atoms with Crippen LogP contribution in [-0.4, -0.2) is 0 Å². The van der Waals surface area contributed by atoms with Crippen LogP contribution in [0.4, 0.5) is 26.3 Å². The van der Waals surface area contributed by atoms with Crippen molar-refractivity contribution in [2.75, 3.05) is 0 Å². The minimum atomic E-state index is -4.45. The Labute approximate surface area is 254 Å². The molecule has 0 radical (unpaired) electrons. The van der Waals surface area contributed by atoms with Crippen LogP contribution in [0.1, 0.15) is 33.4 Å². The maximum atomic E-state index is 12.9. The maximum Gasteiger partial charge on any atom is 0.416 e. The normalized spacial score (nSPS) is 13.0. The van der Waals surface area contributed by atoms with Crippen LogP contribution in [0.2, 0.25) is 0 Å². The molecule has 6 rings (SSSR count). The van der Waals surface area contributed by atoms with Gasteiger partial charge in [0.05, 0.1) is 43.8 Å². The van der Waals surface area contributed by atoms with Crippen LogP contribution < -0.4 is 0 Å². The van der Waals surface area contributed by atoms with Gasteiger partial charge >= 0.3 is 12.4 Å². The summed E-state index contributed by atoms with van der Waals surface area (Å²) in [5, 5.41) is 21.4. The number of allylic oxidation sites excluding steroid dienone is 2. The summed E-state index contributed by atoms with van der Waals surface area (Å²) in [7, 11) is 0. The highest BCUT2D eigenvalue weighted by Crippen LogP contribution is 2.45. The fourth-order valence-corrected chi connectivity index (χ4v) is 7.59. The minimum absolute atomic E-state index is 0.246. The molecule has 44 heavy (non-hydrogen) atoms. The summed E-state index contributed by atoms with van der Waals surface area (Å²) in [5.74, 6) is 0. The first-order chi connectivity index (χ1) is 20.9. The Bertz CT molecular complexity index is 2040. The lowest BCUT2D eigenvalue weighted by molar-refractivity contribution is -0.138. The second-order valence-electron chi connectivity index (χ2n) is 9.86. The van der Waals surface area contributed by atoms with Gasteiger partial charge in [0.1, 0.15) is 0 Å². The lowest BCUT2D eigenvalue weighted by atomic mass is 10.0. The molecule has 0 bridgehead atoms. The molecule has 0 spiro atoms. The van der Waals surface area contributed by atoms with Gasteiger partial charge in [-0.05, 0) is 70.8 Å². The van der Waals surface area contributed by atoms with Crippen molar-refractivity contribution in [2.24, 2.45) is 0 Å². The first-order valence-electron chi connectivity index (χ1n) is 12.9. The van der Waals surface area contributed by atoms with E-state index in [1.54, 1.807) is 34.8 Å². The summed E-state index contributed by atoms with van der Waals surface area (Å²) in [6.45, 7) is 0. The molecule has 0 aliphatic heterocycles. The molecule has 216 valence electrons. The molecule has 2 aromatic heterocycles. The van der Waals surface area contributed by atoms with Crippen molar-refractivity contribution in [3.8, 4) is 12.1 Å². The number of alkyl halides is 6. The molecular formula is C34H16F6N2S2. The Kier molecular flexibility index (Phi) is 7.28. The molecule has 0 fully saturated rings. The Morgan fingerprint density at radius 1 is 0.545 bits per heavy atom. The molecule has 0 unspecified atom stereocenters. The van der Waals surface area contributed by atoms with Crippen molar-refractivity contribution in [2.45, 2.75) is 12.4 Å². The smallest absolute Gasteiger partial charge is 0.192 e. The SMILES string of the molecule is N#C/C(=C\c1ccc2c(c1)sc1c3ccc(/C=C(\C#N)c4ccc(C(F)(F)F)cc4)cc3sc21)c1ccc(C(F)(F)F)cc1. The average Bonchev–Trinajstić information content (AvgIpc) is 3.53. The van der Waals surface area contributed by atoms with Gasteiger partial charge in [-0.15, -0.1) is 22.7 Å². The van der Waals surface area contributed by atoms with Crippen LogP contribution in [0, 0.1) is 22.7 Å². The van der Waals surface area contributed by atoms with E-state index in [0.29, 0.717) is 11.1 Å². The zero-order chi connectivity index (χ0) is 31.2.